The molecule has 0 aliphatic heterocycles. The summed E-state index contributed by atoms with van der Waals surface area (Å²) >= 11 is 0. The number of amides is 1. The van der Waals surface area contributed by atoms with E-state index >= 15 is 0 Å². The second-order valence-corrected chi connectivity index (χ2v) is 3.46. The number of nitrogens with one attached hydrogen (secondary N) is 1. The molecular weight excluding hydrogens is 206 g/mol. The highest BCUT2D eigenvalue weighted by Crippen LogP contribution is 2.07. The Morgan fingerprint density at radius 2 is 2.50 bits per heavy atom. The fourth-order valence-corrected chi connectivity index (χ4v) is 1.40. The highest BCUT2D eigenvalue weighted by Gasteiger charge is 2.11. The molecule has 0 saturated heterocycles. The number of rotatable bonds is 4. The van der Waals surface area contributed by atoms with Gasteiger partial charge >= 0.3 is 0 Å². The largest absolute Gasteiger partial charge is 0.459 e. The average Bonchev–Trinajstić information content (AvgIpc) is 2.88. The summed E-state index contributed by atoms with van der Waals surface area (Å²) in [5.41, 5.74) is 0.844. The minimum absolute atomic E-state index is 0.186. The number of hydrogen-bond donors (Lipinski definition) is 1. The standard InChI is InChI=1S/C11H13N3O2/c1-9-3-8-16-10(9)11(15)12-5-7-14-6-2-4-13-14/h2-4,6,8H,5,7H2,1H3,(H,12,15). The van der Waals surface area contributed by atoms with E-state index in [-0.39, 0.29) is 5.91 Å². The molecule has 2 aromatic heterocycles. The third kappa shape index (κ3) is 2.31. The quantitative estimate of drug-likeness (QED) is 0.840. The van der Waals surface area contributed by atoms with Crippen molar-refractivity contribution >= 4 is 5.91 Å². The van der Waals surface area contributed by atoms with Gasteiger partial charge in [0.05, 0.1) is 12.8 Å². The van der Waals surface area contributed by atoms with Gasteiger partial charge < -0.3 is 9.73 Å². The van der Waals surface area contributed by atoms with Crippen molar-refractivity contribution < 1.29 is 9.21 Å². The van der Waals surface area contributed by atoms with Crippen LogP contribution in [0, 0.1) is 6.92 Å². The normalized spacial score (nSPS) is 10.3. The molecule has 0 spiro atoms. The minimum atomic E-state index is -0.186. The molecular formula is C11H13N3O2. The first-order valence-corrected chi connectivity index (χ1v) is 5.07. The summed E-state index contributed by atoms with van der Waals surface area (Å²) in [6.45, 7) is 3.02. The van der Waals surface area contributed by atoms with E-state index in [2.05, 4.69) is 10.4 Å². The van der Waals surface area contributed by atoms with Crippen LogP contribution in [0.4, 0.5) is 0 Å². The van der Waals surface area contributed by atoms with Crippen molar-refractivity contribution in [3.63, 3.8) is 0 Å². The second-order valence-electron chi connectivity index (χ2n) is 3.46. The van der Waals surface area contributed by atoms with Gasteiger partial charge in [-0.05, 0) is 19.1 Å². The van der Waals surface area contributed by atoms with Gasteiger partial charge in [-0.15, -0.1) is 0 Å². The molecule has 5 nitrogen and oxygen atoms in total. The Kier molecular flexibility index (Phi) is 3.05. The zero-order chi connectivity index (χ0) is 11.4. The molecule has 16 heavy (non-hydrogen) atoms. The van der Waals surface area contributed by atoms with Crippen LogP contribution in [-0.4, -0.2) is 22.2 Å². The maximum absolute atomic E-state index is 11.6. The molecule has 0 unspecified atom stereocenters. The molecule has 0 atom stereocenters. The first kappa shape index (κ1) is 10.5. The van der Waals surface area contributed by atoms with Crippen LogP contribution in [-0.2, 0) is 6.54 Å². The Morgan fingerprint density at radius 3 is 3.12 bits per heavy atom. The van der Waals surface area contributed by atoms with Gasteiger partial charge in [-0.1, -0.05) is 0 Å². The molecule has 0 saturated carbocycles. The van der Waals surface area contributed by atoms with Crippen molar-refractivity contribution in [2.75, 3.05) is 6.54 Å². The third-order valence-corrected chi connectivity index (χ3v) is 2.25. The van der Waals surface area contributed by atoms with Crippen LogP contribution < -0.4 is 5.32 Å². The van der Waals surface area contributed by atoms with E-state index in [0.717, 1.165) is 5.56 Å². The van der Waals surface area contributed by atoms with E-state index < -0.39 is 0 Å². The lowest BCUT2D eigenvalue weighted by Gasteiger charge is -2.03. The number of nitrogens with zero attached hydrogens (tertiary/aromatic N) is 2. The van der Waals surface area contributed by atoms with Crippen molar-refractivity contribution in [3.8, 4) is 0 Å². The van der Waals surface area contributed by atoms with Crippen LogP contribution in [0.1, 0.15) is 16.1 Å². The number of hydrogen-bond acceptors (Lipinski definition) is 3. The molecule has 84 valence electrons. The lowest BCUT2D eigenvalue weighted by atomic mass is 10.3. The van der Waals surface area contributed by atoms with E-state index in [1.807, 2.05) is 19.2 Å². The zero-order valence-corrected chi connectivity index (χ0v) is 9.01. The second kappa shape index (κ2) is 4.65. The van der Waals surface area contributed by atoms with Crippen LogP contribution in [0.2, 0.25) is 0 Å². The van der Waals surface area contributed by atoms with Gasteiger partial charge in [0.2, 0.25) is 0 Å². The van der Waals surface area contributed by atoms with Crippen LogP contribution in [0.5, 0.6) is 0 Å². The van der Waals surface area contributed by atoms with Crippen molar-refractivity contribution in [3.05, 3.63) is 42.1 Å². The van der Waals surface area contributed by atoms with Crippen LogP contribution in [0.15, 0.2) is 35.2 Å². The molecule has 1 amide bonds. The highest BCUT2D eigenvalue weighted by molar-refractivity contribution is 5.92. The predicted octanol–water partition coefficient (Wildman–Crippen LogP) is 1.21. The van der Waals surface area contributed by atoms with Crippen LogP contribution in [0.25, 0.3) is 0 Å². The Morgan fingerprint density at radius 1 is 1.62 bits per heavy atom. The Bertz CT molecular complexity index is 459. The Balaban J connectivity index is 1.83. The number of aryl methyl sites for hydroxylation is 1. The van der Waals surface area contributed by atoms with Crippen molar-refractivity contribution in [2.24, 2.45) is 0 Å². The first-order chi connectivity index (χ1) is 7.77. The number of carbonyl (C=O) groups excluding carboxylic acids is 1. The SMILES string of the molecule is Cc1ccoc1C(=O)NCCn1cccn1. The van der Waals surface area contributed by atoms with Crippen molar-refractivity contribution in [2.45, 2.75) is 13.5 Å². The van der Waals surface area contributed by atoms with Crippen LogP contribution >= 0.6 is 0 Å². The topological polar surface area (TPSA) is 60.1 Å². The van der Waals surface area contributed by atoms with E-state index in [9.17, 15) is 4.79 Å². The van der Waals surface area contributed by atoms with Gasteiger partial charge in [0.15, 0.2) is 5.76 Å². The van der Waals surface area contributed by atoms with Gasteiger partial charge in [-0.25, -0.2) is 0 Å². The number of carbonyl (C=O) groups is 1. The fraction of sp³-hybridized carbons (Fsp3) is 0.273. The van der Waals surface area contributed by atoms with Gasteiger partial charge in [0.1, 0.15) is 0 Å². The van der Waals surface area contributed by atoms with Crippen molar-refractivity contribution in [1.82, 2.24) is 15.1 Å². The molecule has 2 aromatic rings. The minimum Gasteiger partial charge on any atom is -0.459 e. The zero-order valence-electron chi connectivity index (χ0n) is 9.01. The third-order valence-electron chi connectivity index (χ3n) is 2.25. The molecule has 5 heteroatoms. The maximum atomic E-state index is 11.6. The molecule has 0 aliphatic carbocycles. The Hall–Kier alpha value is -2.04. The monoisotopic (exact) mass is 219 g/mol. The molecule has 0 radical (unpaired) electrons. The summed E-state index contributed by atoms with van der Waals surface area (Å²) in [4.78, 5) is 11.6. The molecule has 0 bridgehead atoms. The van der Waals surface area contributed by atoms with E-state index in [1.165, 1.54) is 6.26 Å². The smallest absolute Gasteiger partial charge is 0.287 e. The van der Waals surface area contributed by atoms with E-state index in [4.69, 9.17) is 4.42 Å². The van der Waals surface area contributed by atoms with E-state index in [0.29, 0.717) is 18.8 Å². The molecule has 1 N–H and O–H groups in total. The van der Waals surface area contributed by atoms with E-state index in [1.54, 1.807) is 16.9 Å². The Labute approximate surface area is 93.1 Å². The molecule has 2 rings (SSSR count). The molecule has 2 heterocycles. The average molecular weight is 219 g/mol. The summed E-state index contributed by atoms with van der Waals surface area (Å²) in [6, 6.07) is 3.61. The van der Waals surface area contributed by atoms with Gasteiger partial charge in [0.25, 0.3) is 5.91 Å². The van der Waals surface area contributed by atoms with Crippen molar-refractivity contribution in [1.29, 1.82) is 0 Å². The number of aromatic nitrogens is 2. The highest BCUT2D eigenvalue weighted by atomic mass is 16.3. The summed E-state index contributed by atoms with van der Waals surface area (Å²) < 4.78 is 6.84. The molecule has 0 fully saturated rings. The lowest BCUT2D eigenvalue weighted by Crippen LogP contribution is -2.27. The van der Waals surface area contributed by atoms with Gasteiger partial charge in [0, 0.05) is 24.5 Å². The molecule has 0 aliphatic rings. The van der Waals surface area contributed by atoms with Crippen LogP contribution in [0.3, 0.4) is 0 Å². The molecule has 0 aromatic carbocycles. The van der Waals surface area contributed by atoms with Gasteiger partial charge in [-0.2, -0.15) is 5.10 Å². The number of furan rings is 1. The lowest BCUT2D eigenvalue weighted by molar-refractivity contribution is 0.0923. The summed E-state index contributed by atoms with van der Waals surface area (Å²) in [7, 11) is 0. The van der Waals surface area contributed by atoms with Gasteiger partial charge in [-0.3, -0.25) is 9.48 Å². The predicted molar refractivity (Wildman–Crippen MR) is 58.0 cm³/mol. The summed E-state index contributed by atoms with van der Waals surface area (Å²) in [6.07, 6.45) is 5.07. The first-order valence-electron chi connectivity index (χ1n) is 5.07. The fourth-order valence-electron chi connectivity index (χ4n) is 1.40. The summed E-state index contributed by atoms with van der Waals surface area (Å²) in [5.74, 6) is 0.190. The maximum Gasteiger partial charge on any atom is 0.287 e. The summed E-state index contributed by atoms with van der Waals surface area (Å²) in [5, 5.41) is 6.81.